The molecule has 2 aromatic carbocycles. The van der Waals surface area contributed by atoms with Gasteiger partial charge in [-0.15, -0.1) is 0 Å². The summed E-state index contributed by atoms with van der Waals surface area (Å²) >= 11 is 0. The van der Waals surface area contributed by atoms with Crippen molar-refractivity contribution in [3.05, 3.63) is 82.9 Å². The van der Waals surface area contributed by atoms with Crippen molar-refractivity contribution in [2.75, 3.05) is 13.2 Å². The number of aliphatic carboxylic acids is 1. The molecule has 0 aliphatic carbocycles. The number of nitrogens with one attached hydrogen (secondary N) is 1. The molecule has 0 saturated carbocycles. The molecule has 0 fully saturated rings. The van der Waals surface area contributed by atoms with Crippen LogP contribution in [0.25, 0.3) is 0 Å². The topological polar surface area (TPSA) is 58.6 Å². The van der Waals surface area contributed by atoms with Crippen LogP contribution in [0.4, 0.5) is 26.3 Å². The van der Waals surface area contributed by atoms with Crippen LogP contribution >= 0.6 is 0 Å². The van der Waals surface area contributed by atoms with E-state index in [0.29, 0.717) is 0 Å². The summed E-state index contributed by atoms with van der Waals surface area (Å²) in [6.45, 7) is -0.00344. The van der Waals surface area contributed by atoms with E-state index in [-0.39, 0.29) is 25.6 Å². The average Bonchev–Trinajstić information content (AvgIpc) is 2.76. The maximum Gasteiger partial charge on any atom is 0.416 e. The summed E-state index contributed by atoms with van der Waals surface area (Å²) in [5.41, 5.74) is -2.99. The second kappa shape index (κ2) is 9.96. The fourth-order valence-corrected chi connectivity index (χ4v) is 3.68. The second-order valence-corrected chi connectivity index (χ2v) is 7.55. The minimum Gasteiger partial charge on any atom is -0.481 e. The Labute approximate surface area is 185 Å². The van der Waals surface area contributed by atoms with E-state index >= 15 is 0 Å². The minimum atomic E-state index is -4.79. The van der Waals surface area contributed by atoms with Gasteiger partial charge in [0, 0.05) is 19.2 Å². The lowest BCUT2D eigenvalue weighted by Crippen LogP contribution is -2.38. The van der Waals surface area contributed by atoms with E-state index in [2.05, 4.69) is 5.32 Å². The van der Waals surface area contributed by atoms with E-state index in [1.165, 1.54) is 18.2 Å². The van der Waals surface area contributed by atoms with Crippen molar-refractivity contribution < 1.29 is 41.0 Å². The number of rotatable bonds is 7. The van der Waals surface area contributed by atoms with Gasteiger partial charge in [-0.05, 0) is 29.7 Å². The maximum absolute atomic E-state index is 13.6. The van der Waals surface area contributed by atoms with Crippen LogP contribution in [0.3, 0.4) is 0 Å². The third kappa shape index (κ3) is 6.14. The number of alkyl halides is 6. The monoisotopic (exact) mass is 473 g/mol. The Bertz CT molecular complexity index is 945. The van der Waals surface area contributed by atoms with E-state index in [1.807, 2.05) is 0 Å². The summed E-state index contributed by atoms with van der Waals surface area (Å²) in [5.74, 6) is -1.70. The molecule has 2 aromatic rings. The Morgan fingerprint density at radius 2 is 1.45 bits per heavy atom. The molecule has 1 aliphatic heterocycles. The Morgan fingerprint density at radius 3 is 1.88 bits per heavy atom. The summed E-state index contributed by atoms with van der Waals surface area (Å²) in [7, 11) is 0. The molecule has 2 N–H and O–H groups in total. The van der Waals surface area contributed by atoms with E-state index in [1.54, 1.807) is 6.08 Å². The number of halogens is 6. The van der Waals surface area contributed by atoms with Crippen LogP contribution in [-0.2, 0) is 21.9 Å². The van der Waals surface area contributed by atoms with Gasteiger partial charge in [-0.25, -0.2) is 0 Å². The maximum atomic E-state index is 13.6. The minimum absolute atomic E-state index is 0.160. The molecule has 1 aliphatic rings. The van der Waals surface area contributed by atoms with Gasteiger partial charge in [-0.3, -0.25) is 4.79 Å². The van der Waals surface area contributed by atoms with Gasteiger partial charge in [0.05, 0.1) is 17.0 Å². The van der Waals surface area contributed by atoms with Crippen molar-refractivity contribution >= 4 is 5.97 Å². The van der Waals surface area contributed by atoms with Crippen LogP contribution in [-0.4, -0.2) is 30.3 Å². The number of hydrogen-bond donors (Lipinski definition) is 2. The van der Waals surface area contributed by atoms with Crippen LogP contribution in [0.15, 0.2) is 60.7 Å². The fourth-order valence-electron chi connectivity index (χ4n) is 3.68. The van der Waals surface area contributed by atoms with Gasteiger partial charge >= 0.3 is 18.3 Å². The number of carboxylic acids is 1. The lowest BCUT2D eigenvalue weighted by atomic mass is 9.92. The van der Waals surface area contributed by atoms with Gasteiger partial charge < -0.3 is 15.2 Å². The van der Waals surface area contributed by atoms with Crippen molar-refractivity contribution in [1.29, 1.82) is 0 Å². The molecule has 33 heavy (non-hydrogen) atoms. The zero-order valence-corrected chi connectivity index (χ0v) is 17.2. The highest BCUT2D eigenvalue weighted by atomic mass is 19.4. The summed E-state index contributed by atoms with van der Waals surface area (Å²) in [6, 6.07) is 8.45. The Balaban J connectivity index is 1.91. The molecule has 1 heterocycles. The third-order valence-corrected chi connectivity index (χ3v) is 5.30. The van der Waals surface area contributed by atoms with Gasteiger partial charge in [-0.1, -0.05) is 48.6 Å². The van der Waals surface area contributed by atoms with Crippen LogP contribution in [0.5, 0.6) is 0 Å². The summed E-state index contributed by atoms with van der Waals surface area (Å²) in [6.07, 6.45) is -7.86. The number of carboxylic acid groups (broad SMARTS) is 1. The normalized spacial score (nSPS) is 19.1. The van der Waals surface area contributed by atoms with Crippen LogP contribution in [0.1, 0.15) is 34.8 Å². The largest absolute Gasteiger partial charge is 0.481 e. The van der Waals surface area contributed by atoms with Gasteiger partial charge in [0.15, 0.2) is 0 Å². The number of benzene rings is 2. The molecule has 178 valence electrons. The Kier molecular flexibility index (Phi) is 7.48. The van der Waals surface area contributed by atoms with Gasteiger partial charge in [0.1, 0.15) is 6.10 Å². The predicted octanol–water partition coefficient (Wildman–Crippen LogP) is 5.45. The van der Waals surface area contributed by atoms with E-state index < -0.39 is 52.6 Å². The van der Waals surface area contributed by atoms with Crippen molar-refractivity contribution in [3.8, 4) is 0 Å². The number of carbonyl (C=O) groups is 1. The molecule has 2 unspecified atom stereocenters. The summed E-state index contributed by atoms with van der Waals surface area (Å²) < 4.78 is 87.4. The Hall–Kier alpha value is -2.85. The summed E-state index contributed by atoms with van der Waals surface area (Å²) in [5, 5.41) is 12.0. The summed E-state index contributed by atoms with van der Waals surface area (Å²) in [4.78, 5) is 11.0. The van der Waals surface area contributed by atoms with Gasteiger partial charge in [0.2, 0.25) is 0 Å². The molecular formula is C23H21F6NO3. The van der Waals surface area contributed by atoms with Gasteiger partial charge in [-0.2, -0.15) is 26.3 Å². The van der Waals surface area contributed by atoms with Crippen molar-refractivity contribution in [3.63, 3.8) is 0 Å². The van der Waals surface area contributed by atoms with E-state index in [9.17, 15) is 31.1 Å². The molecule has 0 bridgehead atoms. The lowest BCUT2D eigenvalue weighted by Gasteiger charge is -2.27. The highest BCUT2D eigenvalue weighted by Crippen LogP contribution is 2.42. The quantitative estimate of drug-likeness (QED) is 0.415. The van der Waals surface area contributed by atoms with Crippen LogP contribution in [0, 0.1) is 5.92 Å². The SMILES string of the molecule is O=C(O)C1C=CC(CCOC(c2ccccc2C(F)(F)F)c2ccccc2C(F)(F)F)NC1. The van der Waals surface area contributed by atoms with E-state index in [4.69, 9.17) is 9.84 Å². The predicted molar refractivity (Wildman–Crippen MR) is 107 cm³/mol. The first kappa shape index (κ1) is 24.8. The van der Waals surface area contributed by atoms with Crippen LogP contribution < -0.4 is 5.32 Å². The smallest absolute Gasteiger partial charge is 0.416 e. The van der Waals surface area contributed by atoms with Gasteiger partial charge in [0.25, 0.3) is 0 Å². The molecule has 10 heteroatoms. The molecule has 3 rings (SSSR count). The van der Waals surface area contributed by atoms with Crippen LogP contribution in [0.2, 0.25) is 0 Å². The number of ether oxygens (including phenoxy) is 1. The third-order valence-electron chi connectivity index (χ3n) is 5.30. The Morgan fingerprint density at radius 1 is 0.939 bits per heavy atom. The standard InChI is InChI=1S/C23H21F6NO3/c24-22(25,26)18-7-3-1-5-16(18)20(17-6-2-4-8-19(17)23(27,28)29)33-12-11-15-10-9-14(13-30-15)21(31)32/h1-10,14-15,20,30H,11-13H2,(H,31,32). The number of hydrogen-bond acceptors (Lipinski definition) is 3. The first-order valence-corrected chi connectivity index (χ1v) is 10.1. The first-order chi connectivity index (χ1) is 15.5. The fraction of sp³-hybridized carbons (Fsp3) is 0.348. The molecule has 0 amide bonds. The first-order valence-electron chi connectivity index (χ1n) is 10.1. The molecular weight excluding hydrogens is 452 g/mol. The lowest BCUT2D eigenvalue weighted by molar-refractivity contribution is -0.141. The zero-order valence-electron chi connectivity index (χ0n) is 17.2. The highest BCUT2D eigenvalue weighted by molar-refractivity contribution is 5.72. The zero-order chi connectivity index (χ0) is 24.2. The molecule has 4 nitrogen and oxygen atoms in total. The highest BCUT2D eigenvalue weighted by Gasteiger charge is 2.39. The average molecular weight is 473 g/mol. The van der Waals surface area contributed by atoms with E-state index in [0.717, 1.165) is 36.4 Å². The van der Waals surface area contributed by atoms with Crippen molar-refractivity contribution in [1.82, 2.24) is 5.32 Å². The molecule has 0 radical (unpaired) electrons. The molecule has 2 atom stereocenters. The van der Waals surface area contributed by atoms with Crippen molar-refractivity contribution in [2.45, 2.75) is 30.9 Å². The second-order valence-electron chi connectivity index (χ2n) is 7.55. The van der Waals surface area contributed by atoms with Crippen molar-refractivity contribution in [2.24, 2.45) is 5.92 Å². The molecule has 0 aromatic heterocycles. The molecule has 0 spiro atoms. The molecule has 0 saturated heterocycles.